The van der Waals surface area contributed by atoms with Crippen LogP contribution in [-0.2, 0) is 41.8 Å². The molecule has 0 radical (unpaired) electrons. The zero-order valence-corrected chi connectivity index (χ0v) is 37.5. The van der Waals surface area contributed by atoms with E-state index in [0.717, 1.165) is 91.6 Å². The minimum absolute atomic E-state index is 0. The Bertz CT molecular complexity index is 2130. The zero-order valence-electron chi connectivity index (χ0n) is 36.7. The Labute approximate surface area is 377 Å². The third kappa shape index (κ3) is 14.6. The predicted octanol–water partition coefficient (Wildman–Crippen LogP) is 9.28. The fourth-order valence-electron chi connectivity index (χ4n) is 8.15. The second kappa shape index (κ2) is 25.1. The van der Waals surface area contributed by atoms with Crippen LogP contribution in [0.3, 0.4) is 0 Å². The van der Waals surface area contributed by atoms with Gasteiger partial charge in [-0.25, -0.2) is 4.79 Å². The molecule has 0 spiro atoms. The largest absolute Gasteiger partial charge is 0.481 e. The fraction of sp³-hybridized carbons (Fsp3) is 0.460. The zero-order chi connectivity index (χ0) is 44.6. The van der Waals surface area contributed by atoms with Crippen LogP contribution >= 0.6 is 11.3 Å². The number of benzene rings is 3. The van der Waals surface area contributed by atoms with Gasteiger partial charge >= 0.3 is 11.9 Å². The first-order chi connectivity index (χ1) is 29.9. The first-order valence-electron chi connectivity index (χ1n) is 22.2. The summed E-state index contributed by atoms with van der Waals surface area (Å²) in [5.41, 5.74) is 6.02. The van der Waals surface area contributed by atoms with Gasteiger partial charge in [0, 0.05) is 61.3 Å². The highest BCUT2D eigenvalue weighted by Gasteiger charge is 2.27. The smallest absolute Gasteiger partial charge is 0.335 e. The molecule has 0 saturated heterocycles. The summed E-state index contributed by atoms with van der Waals surface area (Å²) >= 11 is 1.48. The number of carboxylic acid groups (broad SMARTS) is 2. The number of carbonyl (C=O) groups is 5. The van der Waals surface area contributed by atoms with E-state index in [1.807, 2.05) is 54.6 Å². The molecule has 5 rings (SSSR count). The fourth-order valence-corrected chi connectivity index (χ4v) is 9.43. The lowest BCUT2D eigenvalue weighted by Gasteiger charge is -2.34. The van der Waals surface area contributed by atoms with E-state index >= 15 is 0 Å². The van der Waals surface area contributed by atoms with E-state index in [2.05, 4.69) is 48.1 Å². The topological polar surface area (TPSA) is 160 Å². The molecule has 1 aliphatic rings. The summed E-state index contributed by atoms with van der Waals surface area (Å²) in [6.07, 6.45) is 6.76. The van der Waals surface area contributed by atoms with Gasteiger partial charge in [-0.1, -0.05) is 71.5 Å². The summed E-state index contributed by atoms with van der Waals surface area (Å²) in [5.74, 6) is -2.63. The molecular weight excluding hydrogens is 815 g/mol. The average Bonchev–Trinajstić information content (AvgIpc) is 3.65. The lowest BCUT2D eigenvalue weighted by Crippen LogP contribution is -2.45. The Balaban J connectivity index is 0.00000871. The second-order valence-electron chi connectivity index (χ2n) is 16.0. The molecule has 13 heteroatoms. The maximum absolute atomic E-state index is 14.0. The highest BCUT2D eigenvalue weighted by Crippen LogP contribution is 2.39. The van der Waals surface area contributed by atoms with Crippen molar-refractivity contribution in [3.8, 4) is 0 Å². The molecule has 0 aliphatic heterocycles. The van der Waals surface area contributed by atoms with Gasteiger partial charge in [0.2, 0.25) is 5.91 Å². The molecule has 0 saturated carbocycles. The van der Waals surface area contributed by atoms with Crippen molar-refractivity contribution in [2.24, 2.45) is 0 Å². The quantitative estimate of drug-likeness (QED) is 0.0538. The van der Waals surface area contributed by atoms with Crippen LogP contribution < -0.4 is 10.6 Å². The van der Waals surface area contributed by atoms with Crippen molar-refractivity contribution in [3.63, 3.8) is 0 Å². The number of aryl methyl sites for hydroxylation is 3. The number of likely N-dealkylation sites (N-methyl/N-ethyl adjacent to an activating group) is 1. The molecule has 3 aromatic carbocycles. The van der Waals surface area contributed by atoms with E-state index in [0.29, 0.717) is 54.5 Å². The first-order valence-corrected chi connectivity index (χ1v) is 23.0. The number of hydrogen-bond acceptors (Lipinski definition) is 8. The monoisotopic (exact) mass is 881 g/mol. The van der Waals surface area contributed by atoms with Crippen molar-refractivity contribution in [1.29, 1.82) is 0 Å². The summed E-state index contributed by atoms with van der Waals surface area (Å²) in [4.78, 5) is 71.3. The van der Waals surface area contributed by atoms with E-state index < -0.39 is 11.9 Å². The number of rotatable bonds is 24. The van der Waals surface area contributed by atoms with E-state index in [1.165, 1.54) is 11.3 Å². The van der Waals surface area contributed by atoms with Gasteiger partial charge in [0.25, 0.3) is 11.8 Å². The lowest BCUT2D eigenvalue weighted by molar-refractivity contribution is -0.141. The molecule has 12 nitrogen and oxygen atoms in total. The van der Waals surface area contributed by atoms with Gasteiger partial charge in [-0.3, -0.25) is 24.1 Å². The normalized spacial score (nSPS) is 12.2. The SMILES string of the molecule is C.CCC(CC)N(CCN(CCN(CC)CC)C(=O)CCC(=O)O)Cc1cccc(C(=O)Nc2sc3c(c2C(=O)Nc2ccc(CCc4ccc(C(=O)O)cc4)cc2)CCCC3)c1. The summed E-state index contributed by atoms with van der Waals surface area (Å²) in [6, 6.07) is 22.5. The highest BCUT2D eigenvalue weighted by molar-refractivity contribution is 7.17. The van der Waals surface area contributed by atoms with Gasteiger partial charge in [0.05, 0.1) is 17.5 Å². The third-order valence-electron chi connectivity index (χ3n) is 11.9. The summed E-state index contributed by atoms with van der Waals surface area (Å²) < 4.78 is 0. The molecule has 1 aliphatic carbocycles. The van der Waals surface area contributed by atoms with Crippen molar-refractivity contribution in [3.05, 3.63) is 117 Å². The Kier molecular flexibility index (Phi) is 20.0. The Morgan fingerprint density at radius 3 is 1.95 bits per heavy atom. The lowest BCUT2D eigenvalue weighted by atomic mass is 9.95. The number of carboxylic acids is 2. The molecule has 3 amide bonds. The minimum atomic E-state index is -0.984. The highest BCUT2D eigenvalue weighted by atomic mass is 32.1. The van der Waals surface area contributed by atoms with Gasteiger partial charge < -0.3 is 30.6 Å². The molecule has 0 bridgehead atoms. The number of carbonyl (C=O) groups excluding carboxylic acids is 3. The van der Waals surface area contributed by atoms with Gasteiger partial charge in [0.15, 0.2) is 0 Å². The number of nitrogens with zero attached hydrogens (tertiary/aromatic N) is 3. The van der Waals surface area contributed by atoms with Crippen LogP contribution in [0.1, 0.15) is 132 Å². The molecule has 0 atom stereocenters. The van der Waals surface area contributed by atoms with Crippen molar-refractivity contribution in [2.45, 2.75) is 112 Å². The van der Waals surface area contributed by atoms with Gasteiger partial charge in [-0.2, -0.15) is 0 Å². The van der Waals surface area contributed by atoms with Crippen LogP contribution in [0.4, 0.5) is 10.7 Å². The molecule has 0 fully saturated rings. The third-order valence-corrected chi connectivity index (χ3v) is 13.1. The van der Waals surface area contributed by atoms with E-state index in [4.69, 9.17) is 0 Å². The number of anilines is 2. The maximum Gasteiger partial charge on any atom is 0.335 e. The van der Waals surface area contributed by atoms with Crippen molar-refractivity contribution in [1.82, 2.24) is 14.7 Å². The van der Waals surface area contributed by atoms with Gasteiger partial charge in [-0.15, -0.1) is 11.3 Å². The molecule has 4 aromatic rings. The first kappa shape index (κ1) is 50.3. The number of thiophene rings is 1. The van der Waals surface area contributed by atoms with Crippen molar-refractivity contribution in [2.75, 3.05) is 49.9 Å². The second-order valence-corrected chi connectivity index (χ2v) is 17.1. The predicted molar refractivity (Wildman–Crippen MR) is 253 cm³/mol. The van der Waals surface area contributed by atoms with Crippen LogP contribution in [0.5, 0.6) is 0 Å². The minimum Gasteiger partial charge on any atom is -0.481 e. The van der Waals surface area contributed by atoms with Crippen molar-refractivity contribution < 1.29 is 34.2 Å². The van der Waals surface area contributed by atoms with Gasteiger partial charge in [0.1, 0.15) is 5.00 Å². The number of amides is 3. The van der Waals surface area contributed by atoms with Crippen molar-refractivity contribution >= 4 is 51.7 Å². The molecular formula is C50H67N5O7S. The van der Waals surface area contributed by atoms with Crippen LogP contribution in [0.15, 0.2) is 72.8 Å². The number of aromatic carboxylic acids is 1. The Morgan fingerprint density at radius 2 is 1.33 bits per heavy atom. The molecule has 1 heterocycles. The van der Waals surface area contributed by atoms with E-state index in [-0.39, 0.29) is 49.6 Å². The number of fused-ring (bicyclic) bond motifs is 1. The van der Waals surface area contributed by atoms with Crippen LogP contribution in [-0.4, -0.2) is 99.9 Å². The van der Waals surface area contributed by atoms with E-state index in [1.54, 1.807) is 23.1 Å². The van der Waals surface area contributed by atoms with Crippen LogP contribution in [0, 0.1) is 0 Å². The molecule has 1 aromatic heterocycles. The average molecular weight is 882 g/mol. The summed E-state index contributed by atoms with van der Waals surface area (Å²) in [5, 5.41) is 25.2. The summed E-state index contributed by atoms with van der Waals surface area (Å²) in [7, 11) is 0. The molecule has 4 N–H and O–H groups in total. The van der Waals surface area contributed by atoms with Crippen LogP contribution in [0.2, 0.25) is 0 Å². The number of hydrogen-bond donors (Lipinski definition) is 4. The summed E-state index contributed by atoms with van der Waals surface area (Å²) in [6.45, 7) is 13.1. The van der Waals surface area contributed by atoms with E-state index in [9.17, 15) is 34.2 Å². The number of aliphatic carboxylic acids is 1. The Morgan fingerprint density at radius 1 is 0.698 bits per heavy atom. The molecule has 0 unspecified atom stereocenters. The molecule has 340 valence electrons. The number of nitrogens with one attached hydrogen (secondary N) is 2. The maximum atomic E-state index is 14.0. The Hall–Kier alpha value is -5.37. The standard InChI is InChI=1S/C49H63N5O7S.CH4/c1-5-40(6-2)54(31-30-53(29-28-52(7-3)8-4)43(55)26-27-44(56)57)33-36-12-11-13-38(32-36)46(58)51-48-45(41-14-9-10-15-42(41)62-48)47(59)50-39-24-20-35(21-25-39)17-16-34-18-22-37(23-19-34)49(60)61;/h11-13,18-25,32,40H,5-10,14-17,26-31,33H2,1-4H3,(H,50,59)(H,51,58)(H,56,57)(H,60,61);1H4. The molecule has 63 heavy (non-hydrogen) atoms. The van der Waals surface area contributed by atoms with Gasteiger partial charge in [-0.05, 0) is 123 Å². The van der Waals surface area contributed by atoms with Crippen LogP contribution in [0.25, 0.3) is 0 Å².